The lowest BCUT2D eigenvalue weighted by molar-refractivity contribution is 0.00628. The molecule has 0 aliphatic carbocycles. The zero-order valence-corrected chi connectivity index (χ0v) is 13.8. The third kappa shape index (κ3) is 3.88. The second kappa shape index (κ2) is 6.66. The molecule has 1 aromatic heterocycles. The Labute approximate surface area is 135 Å². The van der Waals surface area contributed by atoms with Crippen LogP contribution in [0.3, 0.4) is 0 Å². The Morgan fingerprint density at radius 1 is 1.35 bits per heavy atom. The monoisotopic (exact) mass is 337 g/mol. The van der Waals surface area contributed by atoms with Crippen molar-refractivity contribution in [3.63, 3.8) is 0 Å². The SMILES string of the molecule is CC(CC#CC[C@](C)(O)CO)S(=O)(=O)n1nnc2ccccc21. The van der Waals surface area contributed by atoms with E-state index in [4.69, 9.17) is 5.11 Å². The van der Waals surface area contributed by atoms with Crippen LogP contribution >= 0.6 is 0 Å². The van der Waals surface area contributed by atoms with Gasteiger partial charge < -0.3 is 10.2 Å². The van der Waals surface area contributed by atoms with Crippen LogP contribution in [-0.4, -0.2) is 50.5 Å². The number of hydrogen-bond donors (Lipinski definition) is 2. The minimum Gasteiger partial charge on any atom is -0.393 e. The minimum absolute atomic E-state index is 0.0719. The van der Waals surface area contributed by atoms with Gasteiger partial charge in [0, 0.05) is 12.8 Å². The summed E-state index contributed by atoms with van der Waals surface area (Å²) >= 11 is 0. The number of hydrogen-bond acceptors (Lipinski definition) is 6. The van der Waals surface area contributed by atoms with Gasteiger partial charge in [0.25, 0.3) is 10.0 Å². The maximum absolute atomic E-state index is 12.6. The van der Waals surface area contributed by atoms with Gasteiger partial charge in [-0.25, -0.2) is 8.42 Å². The summed E-state index contributed by atoms with van der Waals surface area (Å²) in [5, 5.41) is 25.3. The molecular formula is C15H19N3O4S. The molecule has 0 radical (unpaired) electrons. The molecule has 2 aromatic rings. The van der Waals surface area contributed by atoms with Gasteiger partial charge in [-0.1, -0.05) is 17.3 Å². The summed E-state index contributed by atoms with van der Waals surface area (Å²) in [6.45, 7) is 2.61. The quantitative estimate of drug-likeness (QED) is 0.771. The second-order valence-corrected chi connectivity index (χ2v) is 7.85. The third-order valence-electron chi connectivity index (χ3n) is 3.40. The number of para-hydroxylation sites is 1. The van der Waals surface area contributed by atoms with Crippen molar-refractivity contribution >= 4 is 21.1 Å². The standard InChI is InChI=1S/C15H19N3O4S/c1-12(7-5-6-10-15(2,20)11-19)23(21,22)18-14-9-4-3-8-13(14)16-17-18/h3-4,8-9,12,19-20H,7,10-11H2,1-2H3/t12?,15-/m0/s1. The molecule has 1 unspecified atom stereocenters. The molecule has 0 fully saturated rings. The van der Waals surface area contributed by atoms with Crippen LogP contribution in [0.25, 0.3) is 11.0 Å². The van der Waals surface area contributed by atoms with Gasteiger partial charge in [0.2, 0.25) is 0 Å². The number of aromatic nitrogens is 3. The zero-order valence-electron chi connectivity index (χ0n) is 13.0. The molecule has 7 nitrogen and oxygen atoms in total. The largest absolute Gasteiger partial charge is 0.393 e. The molecule has 2 rings (SSSR count). The Balaban J connectivity index is 2.15. The average molecular weight is 337 g/mol. The predicted molar refractivity (Wildman–Crippen MR) is 86.0 cm³/mol. The summed E-state index contributed by atoms with van der Waals surface area (Å²) in [5.41, 5.74) is -0.346. The van der Waals surface area contributed by atoms with E-state index in [0.29, 0.717) is 11.0 Å². The molecule has 0 amide bonds. The van der Waals surface area contributed by atoms with Gasteiger partial charge in [-0.05, 0) is 26.0 Å². The van der Waals surface area contributed by atoms with E-state index in [0.717, 1.165) is 4.09 Å². The van der Waals surface area contributed by atoms with Crippen molar-refractivity contribution in [2.45, 2.75) is 37.5 Å². The number of aliphatic hydroxyl groups excluding tert-OH is 1. The second-order valence-electron chi connectivity index (χ2n) is 5.67. The van der Waals surface area contributed by atoms with Crippen LogP contribution in [0.2, 0.25) is 0 Å². The lowest BCUT2D eigenvalue weighted by atomic mass is 10.0. The van der Waals surface area contributed by atoms with E-state index < -0.39 is 27.5 Å². The lowest BCUT2D eigenvalue weighted by Crippen LogP contribution is -2.28. The Morgan fingerprint density at radius 3 is 2.74 bits per heavy atom. The van der Waals surface area contributed by atoms with E-state index in [9.17, 15) is 13.5 Å². The van der Waals surface area contributed by atoms with E-state index in [-0.39, 0.29) is 12.8 Å². The van der Waals surface area contributed by atoms with Crippen LogP contribution in [0.1, 0.15) is 26.7 Å². The summed E-state index contributed by atoms with van der Waals surface area (Å²) < 4.78 is 26.0. The van der Waals surface area contributed by atoms with Crippen molar-refractivity contribution in [1.82, 2.24) is 14.4 Å². The van der Waals surface area contributed by atoms with Gasteiger partial charge in [0.05, 0.1) is 17.5 Å². The highest BCUT2D eigenvalue weighted by atomic mass is 32.2. The number of aliphatic hydroxyl groups is 2. The van der Waals surface area contributed by atoms with Crippen molar-refractivity contribution in [2.24, 2.45) is 0 Å². The first kappa shape index (κ1) is 17.4. The average Bonchev–Trinajstić information content (AvgIpc) is 2.96. The molecule has 2 atom stereocenters. The van der Waals surface area contributed by atoms with Crippen molar-refractivity contribution in [1.29, 1.82) is 0 Å². The molecule has 0 bridgehead atoms. The van der Waals surface area contributed by atoms with E-state index >= 15 is 0 Å². The minimum atomic E-state index is -3.72. The molecule has 8 heteroatoms. The fourth-order valence-corrected chi connectivity index (χ4v) is 3.04. The highest BCUT2D eigenvalue weighted by molar-refractivity contribution is 7.90. The highest BCUT2D eigenvalue weighted by Crippen LogP contribution is 2.16. The van der Waals surface area contributed by atoms with Crippen LogP contribution in [0.5, 0.6) is 0 Å². The maximum Gasteiger partial charge on any atom is 0.259 e. The van der Waals surface area contributed by atoms with Gasteiger partial charge in [0.15, 0.2) is 0 Å². The van der Waals surface area contributed by atoms with Crippen molar-refractivity contribution in [3.8, 4) is 11.8 Å². The van der Waals surface area contributed by atoms with Crippen LogP contribution < -0.4 is 0 Å². The van der Waals surface area contributed by atoms with E-state index in [2.05, 4.69) is 22.2 Å². The molecule has 0 aliphatic rings. The van der Waals surface area contributed by atoms with E-state index in [1.807, 2.05) is 0 Å². The van der Waals surface area contributed by atoms with Gasteiger partial charge in [-0.2, -0.15) is 0 Å². The summed E-state index contributed by atoms with van der Waals surface area (Å²) in [7, 11) is -3.72. The summed E-state index contributed by atoms with van der Waals surface area (Å²) in [4.78, 5) is 0. The molecule has 124 valence electrons. The highest BCUT2D eigenvalue weighted by Gasteiger charge is 2.25. The Kier molecular flexibility index (Phi) is 5.04. The van der Waals surface area contributed by atoms with Crippen molar-refractivity contribution in [2.75, 3.05) is 6.61 Å². The van der Waals surface area contributed by atoms with Crippen molar-refractivity contribution < 1.29 is 18.6 Å². The first-order valence-corrected chi connectivity index (χ1v) is 8.62. The topological polar surface area (TPSA) is 105 Å². The van der Waals surface area contributed by atoms with E-state index in [1.165, 1.54) is 6.92 Å². The fraction of sp³-hybridized carbons (Fsp3) is 0.467. The molecule has 2 N–H and O–H groups in total. The molecule has 1 heterocycles. The number of nitrogens with zero attached hydrogens (tertiary/aromatic N) is 3. The summed E-state index contributed by atoms with van der Waals surface area (Å²) in [5.74, 6) is 5.42. The van der Waals surface area contributed by atoms with Gasteiger partial charge >= 0.3 is 0 Å². The first-order valence-electron chi connectivity index (χ1n) is 7.12. The van der Waals surface area contributed by atoms with E-state index in [1.54, 1.807) is 31.2 Å². The van der Waals surface area contributed by atoms with Crippen molar-refractivity contribution in [3.05, 3.63) is 24.3 Å². The van der Waals surface area contributed by atoms with Gasteiger partial charge in [-0.15, -0.1) is 21.0 Å². The van der Waals surface area contributed by atoms with Crippen LogP contribution in [0.15, 0.2) is 24.3 Å². The van der Waals surface area contributed by atoms with Gasteiger partial charge in [0.1, 0.15) is 11.0 Å². The number of fused-ring (bicyclic) bond motifs is 1. The Hall–Kier alpha value is -1.95. The molecule has 0 aliphatic heterocycles. The Bertz CT molecular complexity index is 846. The molecular weight excluding hydrogens is 318 g/mol. The first-order chi connectivity index (χ1) is 10.8. The van der Waals surface area contributed by atoms with Crippen LogP contribution in [0, 0.1) is 11.8 Å². The molecule has 23 heavy (non-hydrogen) atoms. The summed E-state index contributed by atoms with van der Waals surface area (Å²) in [6.07, 6.45) is 0.167. The third-order valence-corrected chi connectivity index (χ3v) is 5.33. The Morgan fingerprint density at radius 2 is 2.04 bits per heavy atom. The molecule has 0 spiro atoms. The zero-order chi connectivity index (χ0) is 17.1. The van der Waals surface area contributed by atoms with Crippen LogP contribution in [-0.2, 0) is 10.0 Å². The normalized spacial score (nSPS) is 15.7. The maximum atomic E-state index is 12.6. The smallest absolute Gasteiger partial charge is 0.259 e. The number of rotatable bonds is 5. The number of benzene rings is 1. The molecule has 1 aromatic carbocycles. The van der Waals surface area contributed by atoms with Gasteiger partial charge in [-0.3, -0.25) is 0 Å². The van der Waals surface area contributed by atoms with Crippen LogP contribution in [0.4, 0.5) is 0 Å². The lowest BCUT2D eigenvalue weighted by Gasteiger charge is -2.16. The predicted octanol–water partition coefficient (Wildman–Crippen LogP) is 0.525. The summed E-state index contributed by atoms with van der Waals surface area (Å²) in [6, 6.07) is 6.81. The fourth-order valence-electron chi connectivity index (χ4n) is 1.84. The molecule has 0 saturated carbocycles. The molecule has 0 saturated heterocycles.